The molecule has 2 amide bonds. The molecule has 1 aliphatic rings. The van der Waals surface area contributed by atoms with Crippen molar-refractivity contribution in [3.63, 3.8) is 0 Å². The van der Waals surface area contributed by atoms with E-state index in [0.717, 1.165) is 16.5 Å². The predicted molar refractivity (Wildman–Crippen MR) is 120 cm³/mol. The summed E-state index contributed by atoms with van der Waals surface area (Å²) >= 11 is 0. The Morgan fingerprint density at radius 2 is 1.91 bits per heavy atom. The van der Waals surface area contributed by atoms with Crippen molar-refractivity contribution in [3.8, 4) is 0 Å². The third-order valence-corrected chi connectivity index (χ3v) is 5.66. The SMILES string of the molecule is CN(C)C(=O)c1cc([C@@H]2CN(C(=O)CCc3ccc(F)cc3)CCO2)nc2ccccc12. The first-order valence-electron chi connectivity index (χ1n) is 10.7. The number of amides is 2. The van der Waals surface area contributed by atoms with Crippen LogP contribution < -0.4 is 0 Å². The Kier molecular flexibility index (Phi) is 6.46. The van der Waals surface area contributed by atoms with Gasteiger partial charge in [0.05, 0.1) is 29.9 Å². The minimum Gasteiger partial charge on any atom is -0.368 e. The van der Waals surface area contributed by atoms with Gasteiger partial charge in [0.15, 0.2) is 0 Å². The second kappa shape index (κ2) is 9.44. The number of rotatable bonds is 5. The zero-order chi connectivity index (χ0) is 22.7. The minimum atomic E-state index is -0.406. The number of fused-ring (bicyclic) bond motifs is 1. The van der Waals surface area contributed by atoms with Gasteiger partial charge in [-0.15, -0.1) is 0 Å². The molecule has 0 bridgehead atoms. The van der Waals surface area contributed by atoms with Crippen molar-refractivity contribution in [1.29, 1.82) is 0 Å². The Morgan fingerprint density at radius 1 is 1.16 bits per heavy atom. The summed E-state index contributed by atoms with van der Waals surface area (Å²) in [5.41, 5.74) is 2.86. The van der Waals surface area contributed by atoms with Crippen LogP contribution in [0.1, 0.15) is 34.1 Å². The highest BCUT2D eigenvalue weighted by Gasteiger charge is 2.27. The van der Waals surface area contributed by atoms with E-state index < -0.39 is 6.10 Å². The number of carbonyl (C=O) groups excluding carboxylic acids is 2. The number of aryl methyl sites for hydroxylation is 1. The van der Waals surface area contributed by atoms with Crippen LogP contribution in [0.2, 0.25) is 0 Å². The molecule has 6 nitrogen and oxygen atoms in total. The summed E-state index contributed by atoms with van der Waals surface area (Å²) in [6.07, 6.45) is 0.488. The van der Waals surface area contributed by atoms with Gasteiger partial charge in [0, 0.05) is 32.4 Å². The molecule has 4 rings (SSSR count). The summed E-state index contributed by atoms with van der Waals surface area (Å²) in [7, 11) is 3.44. The predicted octanol–water partition coefficient (Wildman–Crippen LogP) is 3.61. The van der Waals surface area contributed by atoms with Gasteiger partial charge >= 0.3 is 0 Å². The lowest BCUT2D eigenvalue weighted by Gasteiger charge is -2.33. The van der Waals surface area contributed by atoms with Gasteiger partial charge in [-0.3, -0.25) is 9.59 Å². The van der Waals surface area contributed by atoms with Crippen molar-refractivity contribution < 1.29 is 18.7 Å². The van der Waals surface area contributed by atoms with Crippen LogP contribution in [0.3, 0.4) is 0 Å². The Morgan fingerprint density at radius 3 is 2.66 bits per heavy atom. The number of halogens is 1. The summed E-state index contributed by atoms with van der Waals surface area (Å²) in [6, 6.07) is 15.5. The standard InChI is InChI=1S/C25H26FN3O3/c1-28(2)25(31)20-15-22(27-21-6-4-3-5-19(20)21)23-16-29(13-14-32-23)24(30)12-9-17-7-10-18(26)11-8-17/h3-8,10-11,15,23H,9,12-14,16H2,1-2H3/t23-/m0/s1. The fourth-order valence-electron chi connectivity index (χ4n) is 3.89. The maximum absolute atomic E-state index is 13.1. The molecular weight excluding hydrogens is 409 g/mol. The van der Waals surface area contributed by atoms with E-state index >= 15 is 0 Å². The highest BCUT2D eigenvalue weighted by molar-refractivity contribution is 6.06. The number of morpholine rings is 1. The molecule has 1 fully saturated rings. The highest BCUT2D eigenvalue weighted by atomic mass is 19.1. The highest BCUT2D eigenvalue weighted by Crippen LogP contribution is 2.27. The zero-order valence-electron chi connectivity index (χ0n) is 18.3. The molecule has 3 aromatic rings. The number of para-hydroxylation sites is 1. The molecule has 0 spiro atoms. The van der Waals surface area contributed by atoms with Crippen LogP contribution >= 0.6 is 0 Å². The van der Waals surface area contributed by atoms with Gasteiger partial charge in [-0.05, 0) is 36.2 Å². The fraction of sp³-hybridized carbons (Fsp3) is 0.320. The molecule has 32 heavy (non-hydrogen) atoms. The van der Waals surface area contributed by atoms with Crippen LogP contribution in [0.15, 0.2) is 54.6 Å². The van der Waals surface area contributed by atoms with E-state index in [1.165, 1.54) is 12.1 Å². The molecule has 0 N–H and O–H groups in total. The Bertz CT molecular complexity index is 1130. The molecule has 2 aromatic carbocycles. The molecule has 1 atom stereocenters. The first-order valence-corrected chi connectivity index (χ1v) is 10.7. The van der Waals surface area contributed by atoms with Crippen LogP contribution in [-0.2, 0) is 16.0 Å². The van der Waals surface area contributed by atoms with Gasteiger partial charge in [0.1, 0.15) is 11.9 Å². The molecule has 166 valence electrons. The minimum absolute atomic E-state index is 0.0213. The lowest BCUT2D eigenvalue weighted by molar-refractivity contribution is -0.139. The van der Waals surface area contributed by atoms with E-state index in [4.69, 9.17) is 9.72 Å². The van der Waals surface area contributed by atoms with Gasteiger partial charge in [0.25, 0.3) is 5.91 Å². The number of hydrogen-bond donors (Lipinski definition) is 0. The largest absolute Gasteiger partial charge is 0.368 e. The van der Waals surface area contributed by atoms with Gasteiger partial charge in [-0.25, -0.2) is 9.37 Å². The van der Waals surface area contributed by atoms with Gasteiger partial charge in [-0.2, -0.15) is 0 Å². The molecule has 2 heterocycles. The maximum Gasteiger partial charge on any atom is 0.254 e. The van der Waals surface area contributed by atoms with Crippen molar-refractivity contribution in [3.05, 3.63) is 77.2 Å². The molecule has 1 saturated heterocycles. The molecular formula is C25H26FN3O3. The third-order valence-electron chi connectivity index (χ3n) is 5.66. The Labute approximate surface area is 186 Å². The fourth-order valence-corrected chi connectivity index (χ4v) is 3.89. The molecule has 0 aliphatic carbocycles. The van der Waals surface area contributed by atoms with Crippen LogP contribution in [0.4, 0.5) is 4.39 Å². The van der Waals surface area contributed by atoms with Gasteiger partial charge in [-0.1, -0.05) is 30.3 Å². The molecule has 0 radical (unpaired) electrons. The number of ether oxygens (including phenoxy) is 1. The van der Waals surface area contributed by atoms with Crippen LogP contribution in [0.5, 0.6) is 0 Å². The van der Waals surface area contributed by atoms with Crippen molar-refractivity contribution in [1.82, 2.24) is 14.8 Å². The topological polar surface area (TPSA) is 62.7 Å². The monoisotopic (exact) mass is 435 g/mol. The number of pyridine rings is 1. The van der Waals surface area contributed by atoms with E-state index in [1.807, 2.05) is 24.3 Å². The number of carbonyl (C=O) groups is 2. The molecule has 0 unspecified atom stereocenters. The maximum atomic E-state index is 13.1. The Balaban J connectivity index is 1.52. The molecule has 7 heteroatoms. The number of benzene rings is 2. The second-order valence-electron chi connectivity index (χ2n) is 8.14. The number of aromatic nitrogens is 1. The average Bonchev–Trinajstić information content (AvgIpc) is 2.82. The summed E-state index contributed by atoms with van der Waals surface area (Å²) in [4.78, 5) is 33.6. The number of nitrogens with zero attached hydrogens (tertiary/aromatic N) is 3. The van der Waals surface area contributed by atoms with Crippen molar-refractivity contribution in [2.75, 3.05) is 33.8 Å². The summed E-state index contributed by atoms with van der Waals surface area (Å²) in [5.74, 6) is -0.369. The normalized spacial score (nSPS) is 16.2. The second-order valence-corrected chi connectivity index (χ2v) is 8.14. The van der Waals surface area contributed by atoms with Gasteiger partial charge < -0.3 is 14.5 Å². The number of hydrogen-bond acceptors (Lipinski definition) is 4. The smallest absolute Gasteiger partial charge is 0.254 e. The first-order chi connectivity index (χ1) is 15.4. The van der Waals surface area contributed by atoms with Crippen molar-refractivity contribution in [2.45, 2.75) is 18.9 Å². The molecule has 0 saturated carbocycles. The van der Waals surface area contributed by atoms with E-state index in [2.05, 4.69) is 0 Å². The lowest BCUT2D eigenvalue weighted by Crippen LogP contribution is -2.42. The lowest BCUT2D eigenvalue weighted by atomic mass is 10.0. The average molecular weight is 435 g/mol. The summed E-state index contributed by atoms with van der Waals surface area (Å²) in [5, 5.41) is 0.790. The quantitative estimate of drug-likeness (QED) is 0.614. The summed E-state index contributed by atoms with van der Waals surface area (Å²) < 4.78 is 19.0. The van der Waals surface area contributed by atoms with Crippen molar-refractivity contribution >= 4 is 22.7 Å². The van der Waals surface area contributed by atoms with E-state index in [9.17, 15) is 14.0 Å². The van der Waals surface area contributed by atoms with Crippen molar-refractivity contribution in [2.24, 2.45) is 0 Å². The van der Waals surface area contributed by atoms with Crippen LogP contribution in [-0.4, -0.2) is 60.4 Å². The van der Waals surface area contributed by atoms with E-state index in [-0.39, 0.29) is 17.6 Å². The van der Waals surface area contributed by atoms with E-state index in [0.29, 0.717) is 43.8 Å². The van der Waals surface area contributed by atoms with E-state index in [1.54, 1.807) is 42.1 Å². The first kappa shape index (κ1) is 21.9. The van der Waals surface area contributed by atoms with Crippen LogP contribution in [0, 0.1) is 5.82 Å². The molecule has 1 aromatic heterocycles. The third kappa shape index (κ3) is 4.78. The Hall–Kier alpha value is -3.32. The zero-order valence-corrected chi connectivity index (χ0v) is 18.3. The molecule has 1 aliphatic heterocycles. The van der Waals surface area contributed by atoms with Gasteiger partial charge in [0.2, 0.25) is 5.91 Å². The summed E-state index contributed by atoms with van der Waals surface area (Å²) in [6.45, 7) is 1.29. The van der Waals surface area contributed by atoms with Crippen LogP contribution in [0.25, 0.3) is 10.9 Å².